The predicted molar refractivity (Wildman–Crippen MR) is 138 cm³/mol. The van der Waals surface area contributed by atoms with E-state index < -0.39 is 5.60 Å². The number of carbonyl (C=O) groups excluding carboxylic acids is 1. The lowest BCUT2D eigenvalue weighted by molar-refractivity contribution is -0.115. The van der Waals surface area contributed by atoms with Crippen LogP contribution in [0, 0.1) is 5.92 Å². The Morgan fingerprint density at radius 3 is 2.38 bits per heavy atom. The summed E-state index contributed by atoms with van der Waals surface area (Å²) in [5.74, 6) is 2.67. The first-order chi connectivity index (χ1) is 18.0. The molecule has 2 fully saturated rings. The molecule has 2 aromatic carbocycles. The molecule has 3 unspecified atom stereocenters. The van der Waals surface area contributed by atoms with Crippen LogP contribution in [0.2, 0.25) is 0 Å². The third kappa shape index (κ3) is 4.79. The minimum absolute atomic E-state index is 0.0697. The van der Waals surface area contributed by atoms with Gasteiger partial charge in [-0.1, -0.05) is 18.9 Å². The van der Waals surface area contributed by atoms with Crippen molar-refractivity contribution in [2.24, 2.45) is 5.92 Å². The highest BCUT2D eigenvalue weighted by molar-refractivity contribution is 5.96. The van der Waals surface area contributed by atoms with E-state index in [9.17, 15) is 9.90 Å². The highest BCUT2D eigenvalue weighted by Crippen LogP contribution is 2.51. The van der Waals surface area contributed by atoms with Crippen LogP contribution >= 0.6 is 0 Å². The Morgan fingerprint density at radius 1 is 0.973 bits per heavy atom. The van der Waals surface area contributed by atoms with E-state index in [2.05, 4.69) is 0 Å². The molecule has 0 spiro atoms. The van der Waals surface area contributed by atoms with Gasteiger partial charge in [-0.05, 0) is 69.9 Å². The van der Waals surface area contributed by atoms with E-state index in [1.807, 2.05) is 43.9 Å². The van der Waals surface area contributed by atoms with Crippen molar-refractivity contribution < 1.29 is 33.6 Å². The second kappa shape index (κ2) is 10.7. The van der Waals surface area contributed by atoms with Gasteiger partial charge in [0.05, 0.1) is 31.5 Å². The summed E-state index contributed by atoms with van der Waals surface area (Å²) in [6, 6.07) is 9.06. The van der Waals surface area contributed by atoms with Gasteiger partial charge in [0.15, 0.2) is 23.0 Å². The Kier molecular flexibility index (Phi) is 7.38. The number of aliphatic hydroxyl groups is 1. The Morgan fingerprint density at radius 2 is 1.68 bits per heavy atom. The molecule has 0 radical (unpaired) electrons. The average molecular weight is 512 g/mol. The number of hydrogen-bond donors (Lipinski definition) is 1. The van der Waals surface area contributed by atoms with Crippen LogP contribution in [0.5, 0.6) is 28.7 Å². The number of amides is 1. The van der Waals surface area contributed by atoms with Gasteiger partial charge >= 0.3 is 0 Å². The highest BCUT2D eigenvalue weighted by Gasteiger charge is 2.50. The van der Waals surface area contributed by atoms with E-state index in [0.717, 1.165) is 31.2 Å². The van der Waals surface area contributed by atoms with Crippen molar-refractivity contribution in [3.05, 3.63) is 41.5 Å². The topological polar surface area (TPSA) is 86.7 Å². The van der Waals surface area contributed by atoms with Gasteiger partial charge in [0, 0.05) is 18.0 Å². The van der Waals surface area contributed by atoms with E-state index in [0.29, 0.717) is 67.1 Å². The first-order valence-electron chi connectivity index (χ1n) is 13.5. The number of likely N-dealkylation sites (tertiary alicyclic amines) is 1. The fourth-order valence-corrected chi connectivity index (χ4v) is 6.10. The fraction of sp³-hybridized carbons (Fsp3) is 0.552. The van der Waals surface area contributed by atoms with E-state index >= 15 is 0 Å². The van der Waals surface area contributed by atoms with Gasteiger partial charge < -0.3 is 33.7 Å². The number of fused-ring (bicyclic) bond motifs is 2. The number of hydrogen-bond acceptors (Lipinski definition) is 7. The molecular weight excluding hydrogens is 474 g/mol. The monoisotopic (exact) mass is 511 g/mol. The van der Waals surface area contributed by atoms with Crippen molar-refractivity contribution in [1.29, 1.82) is 0 Å². The number of piperidine rings is 1. The molecule has 3 aliphatic rings. The molecule has 2 aromatic rings. The van der Waals surface area contributed by atoms with E-state index in [1.54, 1.807) is 12.1 Å². The molecule has 5 rings (SSSR count). The Labute approximate surface area is 218 Å². The van der Waals surface area contributed by atoms with Crippen molar-refractivity contribution in [2.45, 2.75) is 64.5 Å². The van der Waals surface area contributed by atoms with Crippen molar-refractivity contribution in [3.8, 4) is 28.7 Å². The lowest BCUT2D eigenvalue weighted by Crippen LogP contribution is -2.56. The molecular formula is C29H37NO7. The van der Waals surface area contributed by atoms with Gasteiger partial charge in [-0.2, -0.15) is 0 Å². The molecule has 8 heteroatoms. The predicted octanol–water partition coefficient (Wildman–Crippen LogP) is 5.12. The minimum Gasteiger partial charge on any atom is -0.490 e. The van der Waals surface area contributed by atoms with Crippen molar-refractivity contribution in [1.82, 2.24) is 4.90 Å². The molecule has 8 nitrogen and oxygen atoms in total. The first-order valence-corrected chi connectivity index (χ1v) is 13.5. The molecule has 0 aromatic heterocycles. The number of carbonyl (C=O) groups is 1. The zero-order chi connectivity index (χ0) is 26.0. The minimum atomic E-state index is -0.790. The van der Waals surface area contributed by atoms with Crippen LogP contribution in [0.3, 0.4) is 0 Å². The van der Waals surface area contributed by atoms with Crippen LogP contribution in [0.25, 0.3) is 0 Å². The second-order valence-corrected chi connectivity index (χ2v) is 9.86. The summed E-state index contributed by atoms with van der Waals surface area (Å²) in [4.78, 5) is 16.1. The summed E-state index contributed by atoms with van der Waals surface area (Å²) < 4.78 is 28.8. The van der Waals surface area contributed by atoms with E-state index in [4.69, 9.17) is 23.7 Å². The van der Waals surface area contributed by atoms with Gasteiger partial charge in [-0.3, -0.25) is 4.79 Å². The Bertz CT molecular complexity index is 1110. The van der Waals surface area contributed by atoms with Crippen LogP contribution in [0.4, 0.5) is 0 Å². The normalized spacial score (nSPS) is 24.4. The molecule has 1 amide bonds. The highest BCUT2D eigenvalue weighted by atomic mass is 16.7. The number of ether oxygens (including phenoxy) is 5. The maximum atomic E-state index is 14.2. The molecule has 2 aliphatic heterocycles. The first kappa shape index (κ1) is 25.5. The Hall–Kier alpha value is -3.13. The van der Waals surface area contributed by atoms with Gasteiger partial charge in [0.1, 0.15) is 0 Å². The summed E-state index contributed by atoms with van der Waals surface area (Å²) in [7, 11) is 0. The van der Waals surface area contributed by atoms with Crippen LogP contribution in [0.15, 0.2) is 30.3 Å². The summed E-state index contributed by atoms with van der Waals surface area (Å²) in [5.41, 5.74) is 0.632. The largest absolute Gasteiger partial charge is 0.490 e. The third-order valence-electron chi connectivity index (χ3n) is 7.72. The van der Waals surface area contributed by atoms with Crippen molar-refractivity contribution in [2.75, 3.05) is 33.2 Å². The van der Waals surface area contributed by atoms with Crippen molar-refractivity contribution >= 4 is 5.91 Å². The van der Waals surface area contributed by atoms with Crippen LogP contribution in [-0.4, -0.2) is 54.7 Å². The number of benzene rings is 2. The average Bonchev–Trinajstić information content (AvgIpc) is 3.37. The quantitative estimate of drug-likeness (QED) is 0.526. The molecule has 1 saturated heterocycles. The van der Waals surface area contributed by atoms with Gasteiger partial charge in [0.25, 0.3) is 5.91 Å². The smallest absolute Gasteiger partial charge is 0.254 e. The number of rotatable bonds is 8. The summed E-state index contributed by atoms with van der Waals surface area (Å²) >= 11 is 0. The molecule has 1 N–H and O–H groups in total. The Balaban J connectivity index is 1.56. The second-order valence-electron chi connectivity index (χ2n) is 9.86. The van der Waals surface area contributed by atoms with Crippen LogP contribution in [0.1, 0.15) is 74.8 Å². The molecule has 1 saturated carbocycles. The van der Waals surface area contributed by atoms with Gasteiger partial charge in [0.2, 0.25) is 12.5 Å². The summed E-state index contributed by atoms with van der Waals surface area (Å²) in [5, 5.41) is 11.7. The van der Waals surface area contributed by atoms with E-state index in [1.165, 1.54) is 0 Å². The molecule has 3 atom stereocenters. The molecule has 1 aliphatic carbocycles. The fourth-order valence-electron chi connectivity index (χ4n) is 6.10. The third-order valence-corrected chi connectivity index (χ3v) is 7.72. The molecule has 2 heterocycles. The SMILES string of the molecule is CCOc1cc(C(=O)N2CCC3(O)CCCCC3C2c2ccc3c(c2)OCO3)cc(OCC)c1OCC. The lowest BCUT2D eigenvalue weighted by Gasteiger charge is -2.52. The summed E-state index contributed by atoms with van der Waals surface area (Å²) in [6.45, 7) is 7.65. The van der Waals surface area contributed by atoms with Crippen LogP contribution in [-0.2, 0) is 0 Å². The zero-order valence-corrected chi connectivity index (χ0v) is 22.0. The van der Waals surface area contributed by atoms with Crippen molar-refractivity contribution in [3.63, 3.8) is 0 Å². The molecule has 0 bridgehead atoms. The molecule has 200 valence electrons. The zero-order valence-electron chi connectivity index (χ0n) is 22.0. The van der Waals surface area contributed by atoms with Gasteiger partial charge in [-0.25, -0.2) is 0 Å². The maximum Gasteiger partial charge on any atom is 0.254 e. The number of nitrogens with zero attached hydrogens (tertiary/aromatic N) is 1. The van der Waals surface area contributed by atoms with Crippen LogP contribution < -0.4 is 23.7 Å². The summed E-state index contributed by atoms with van der Waals surface area (Å²) in [6.07, 6.45) is 4.20. The lowest BCUT2D eigenvalue weighted by atomic mass is 9.66. The van der Waals surface area contributed by atoms with E-state index in [-0.39, 0.29) is 24.7 Å². The standard InChI is InChI=1S/C29H37NO7/c1-4-33-24-16-20(17-25(34-5-2)27(24)35-6-3)28(31)30-14-13-29(32)12-8-7-9-21(29)26(30)19-10-11-22-23(15-19)37-18-36-22/h10-11,15-17,21,26,32H,4-9,12-14,18H2,1-3H3. The van der Waals surface area contributed by atoms with Gasteiger partial charge in [-0.15, -0.1) is 0 Å². The maximum absolute atomic E-state index is 14.2. The molecule has 37 heavy (non-hydrogen) atoms.